The van der Waals surface area contributed by atoms with Gasteiger partial charge in [-0.05, 0) is 24.0 Å². The van der Waals surface area contributed by atoms with Gasteiger partial charge in [0, 0.05) is 17.9 Å². The normalized spacial score (nSPS) is 23.4. The summed E-state index contributed by atoms with van der Waals surface area (Å²) < 4.78 is 0. The number of carbonyl (C=O) groups excluding carboxylic acids is 2. The number of fused-ring (bicyclic) bond motifs is 3. The Labute approximate surface area is 129 Å². The summed E-state index contributed by atoms with van der Waals surface area (Å²) in [6.07, 6.45) is 0.962. The van der Waals surface area contributed by atoms with E-state index >= 15 is 0 Å². The van der Waals surface area contributed by atoms with Crippen molar-refractivity contribution < 1.29 is 9.59 Å². The maximum Gasteiger partial charge on any atom is 0.256 e. The van der Waals surface area contributed by atoms with E-state index in [1.165, 1.54) is 0 Å². The third-order valence-electron chi connectivity index (χ3n) is 4.02. The molecule has 2 unspecified atom stereocenters. The summed E-state index contributed by atoms with van der Waals surface area (Å²) in [4.78, 5) is 26.6. The zero-order chi connectivity index (χ0) is 15.0. The molecule has 1 N–H and O–H groups in total. The van der Waals surface area contributed by atoms with Gasteiger partial charge in [-0.2, -0.15) is 0 Å². The van der Waals surface area contributed by atoms with Gasteiger partial charge < -0.3 is 10.2 Å². The first-order valence-corrected chi connectivity index (χ1v) is 8.45. The van der Waals surface area contributed by atoms with Crippen molar-refractivity contribution in [2.45, 2.75) is 31.7 Å². The fourth-order valence-corrected chi connectivity index (χ4v) is 4.31. The first-order chi connectivity index (χ1) is 10.1. The van der Waals surface area contributed by atoms with Gasteiger partial charge in [-0.25, -0.2) is 0 Å². The highest BCUT2D eigenvalue weighted by atomic mass is 32.2. The van der Waals surface area contributed by atoms with E-state index in [-0.39, 0.29) is 23.2 Å². The van der Waals surface area contributed by atoms with Crippen LogP contribution in [0.15, 0.2) is 24.3 Å². The number of rotatable bonds is 4. The summed E-state index contributed by atoms with van der Waals surface area (Å²) in [7, 11) is 0. The summed E-state index contributed by atoms with van der Waals surface area (Å²) in [5, 5.41) is 2.98. The lowest BCUT2D eigenvalue weighted by Gasteiger charge is -2.22. The Hall–Kier alpha value is -1.49. The van der Waals surface area contributed by atoms with Gasteiger partial charge in [-0.15, -0.1) is 11.8 Å². The molecule has 0 aliphatic carbocycles. The molecule has 2 aliphatic heterocycles. The number of thioether (sulfide) groups is 1. The Balaban J connectivity index is 1.71. The Morgan fingerprint density at radius 2 is 2.19 bits per heavy atom. The predicted octanol–water partition coefficient (Wildman–Crippen LogP) is 2.42. The van der Waals surface area contributed by atoms with Crippen LogP contribution in [0.25, 0.3) is 0 Å². The van der Waals surface area contributed by atoms with Gasteiger partial charge in [0.2, 0.25) is 5.91 Å². The van der Waals surface area contributed by atoms with Crippen molar-refractivity contribution in [2.24, 2.45) is 5.92 Å². The van der Waals surface area contributed by atoms with E-state index in [1.807, 2.05) is 24.3 Å². The maximum absolute atomic E-state index is 12.5. The number of nitrogens with one attached hydrogen (secondary N) is 1. The molecule has 5 heteroatoms. The van der Waals surface area contributed by atoms with E-state index in [2.05, 4.69) is 19.2 Å². The van der Waals surface area contributed by atoms with E-state index in [0.29, 0.717) is 18.2 Å². The first kappa shape index (κ1) is 14.4. The number of benzene rings is 1. The Morgan fingerprint density at radius 1 is 1.43 bits per heavy atom. The molecule has 4 nitrogen and oxygen atoms in total. The molecule has 0 spiro atoms. The highest BCUT2D eigenvalue weighted by Gasteiger charge is 2.48. The average molecular weight is 304 g/mol. The molecular weight excluding hydrogens is 284 g/mol. The Morgan fingerprint density at radius 3 is 2.95 bits per heavy atom. The molecule has 3 rings (SSSR count). The SMILES string of the molecule is CC(C)CCNC(=O)C1CSC2c3ccccc3C(=O)N12. The second kappa shape index (κ2) is 5.72. The van der Waals surface area contributed by atoms with Gasteiger partial charge in [0.1, 0.15) is 11.4 Å². The second-order valence-electron chi connectivity index (χ2n) is 5.97. The molecule has 1 saturated heterocycles. The standard InChI is InChI=1S/C16H20N2O2S/c1-10(2)7-8-17-14(19)13-9-21-16-12-6-4-3-5-11(12)15(20)18(13)16/h3-6,10,13,16H,7-9H2,1-2H3,(H,17,19). The third-order valence-corrected chi connectivity index (χ3v) is 5.32. The highest BCUT2D eigenvalue weighted by Crippen LogP contribution is 2.47. The van der Waals surface area contributed by atoms with E-state index < -0.39 is 0 Å². The molecule has 1 fully saturated rings. The monoisotopic (exact) mass is 304 g/mol. The number of amides is 2. The van der Waals surface area contributed by atoms with Crippen molar-refractivity contribution in [2.75, 3.05) is 12.3 Å². The number of hydrogen-bond acceptors (Lipinski definition) is 3. The van der Waals surface area contributed by atoms with Crippen LogP contribution in [0.3, 0.4) is 0 Å². The summed E-state index contributed by atoms with van der Waals surface area (Å²) in [6.45, 7) is 4.94. The van der Waals surface area contributed by atoms with Crippen LogP contribution in [-0.4, -0.2) is 35.1 Å². The van der Waals surface area contributed by atoms with E-state index in [4.69, 9.17) is 0 Å². The van der Waals surface area contributed by atoms with Crippen LogP contribution in [0.5, 0.6) is 0 Å². The van der Waals surface area contributed by atoms with Gasteiger partial charge in [-0.3, -0.25) is 9.59 Å². The lowest BCUT2D eigenvalue weighted by molar-refractivity contribution is -0.124. The van der Waals surface area contributed by atoms with Crippen molar-refractivity contribution in [1.82, 2.24) is 10.2 Å². The molecule has 0 saturated carbocycles. The Kier molecular flexibility index (Phi) is 3.93. The predicted molar refractivity (Wildman–Crippen MR) is 84.1 cm³/mol. The molecule has 1 aromatic rings. The van der Waals surface area contributed by atoms with Crippen LogP contribution in [0.2, 0.25) is 0 Å². The number of nitrogens with zero attached hydrogens (tertiary/aromatic N) is 1. The average Bonchev–Trinajstić information content (AvgIpc) is 3.00. The summed E-state index contributed by atoms with van der Waals surface area (Å²) >= 11 is 1.68. The van der Waals surface area contributed by atoms with Gasteiger partial charge >= 0.3 is 0 Å². The summed E-state index contributed by atoms with van der Waals surface area (Å²) in [6, 6.07) is 7.33. The fraction of sp³-hybridized carbons (Fsp3) is 0.500. The Bertz CT molecular complexity index is 573. The van der Waals surface area contributed by atoms with Crippen molar-refractivity contribution in [3.8, 4) is 0 Å². The minimum Gasteiger partial charge on any atom is -0.354 e. The van der Waals surface area contributed by atoms with E-state index in [0.717, 1.165) is 17.5 Å². The topological polar surface area (TPSA) is 49.4 Å². The first-order valence-electron chi connectivity index (χ1n) is 7.40. The van der Waals surface area contributed by atoms with E-state index in [9.17, 15) is 9.59 Å². The minimum absolute atomic E-state index is 0.00884. The van der Waals surface area contributed by atoms with Crippen molar-refractivity contribution >= 4 is 23.6 Å². The zero-order valence-electron chi connectivity index (χ0n) is 12.3. The van der Waals surface area contributed by atoms with Crippen LogP contribution >= 0.6 is 11.8 Å². The lowest BCUT2D eigenvalue weighted by atomic mass is 10.1. The number of carbonyl (C=O) groups is 2. The molecule has 0 bridgehead atoms. The second-order valence-corrected chi connectivity index (χ2v) is 7.09. The summed E-state index contributed by atoms with van der Waals surface area (Å²) in [5.74, 6) is 1.21. The largest absolute Gasteiger partial charge is 0.354 e. The van der Waals surface area contributed by atoms with Crippen LogP contribution in [0.4, 0.5) is 0 Å². The quantitative estimate of drug-likeness (QED) is 0.929. The van der Waals surface area contributed by atoms with Crippen molar-refractivity contribution in [3.63, 3.8) is 0 Å². The van der Waals surface area contributed by atoms with Crippen molar-refractivity contribution in [3.05, 3.63) is 35.4 Å². The molecule has 2 heterocycles. The smallest absolute Gasteiger partial charge is 0.256 e. The zero-order valence-corrected chi connectivity index (χ0v) is 13.2. The molecule has 2 amide bonds. The molecule has 2 atom stereocenters. The molecule has 1 aromatic carbocycles. The van der Waals surface area contributed by atoms with Crippen LogP contribution in [0, 0.1) is 5.92 Å². The highest BCUT2D eigenvalue weighted by molar-refractivity contribution is 7.99. The molecular formula is C16H20N2O2S. The van der Waals surface area contributed by atoms with Gasteiger partial charge in [0.25, 0.3) is 5.91 Å². The number of hydrogen-bond donors (Lipinski definition) is 1. The lowest BCUT2D eigenvalue weighted by Crippen LogP contribution is -2.46. The molecule has 0 aromatic heterocycles. The van der Waals surface area contributed by atoms with Crippen LogP contribution in [-0.2, 0) is 4.79 Å². The van der Waals surface area contributed by atoms with Crippen LogP contribution < -0.4 is 5.32 Å². The minimum atomic E-state index is -0.341. The van der Waals surface area contributed by atoms with E-state index in [1.54, 1.807) is 16.7 Å². The molecule has 112 valence electrons. The maximum atomic E-state index is 12.5. The third kappa shape index (κ3) is 2.55. The van der Waals surface area contributed by atoms with Gasteiger partial charge in [0.05, 0.1) is 0 Å². The summed E-state index contributed by atoms with van der Waals surface area (Å²) in [5.41, 5.74) is 1.79. The van der Waals surface area contributed by atoms with Gasteiger partial charge in [-0.1, -0.05) is 32.0 Å². The van der Waals surface area contributed by atoms with Crippen molar-refractivity contribution in [1.29, 1.82) is 0 Å². The fourth-order valence-electron chi connectivity index (χ4n) is 2.84. The van der Waals surface area contributed by atoms with Gasteiger partial charge in [0.15, 0.2) is 0 Å². The van der Waals surface area contributed by atoms with Crippen LogP contribution in [0.1, 0.15) is 41.6 Å². The molecule has 0 radical (unpaired) electrons. The molecule has 21 heavy (non-hydrogen) atoms. The molecule has 2 aliphatic rings.